The molecular formula is C22H23ClF3N3O3. The van der Waals surface area contributed by atoms with Gasteiger partial charge in [-0.1, -0.05) is 23.7 Å². The van der Waals surface area contributed by atoms with Gasteiger partial charge in [0.05, 0.1) is 11.5 Å². The number of carbonyl (C=O) groups excluding carboxylic acids is 2. The highest BCUT2D eigenvalue weighted by atomic mass is 35.5. The fraction of sp³-hybridized carbons (Fsp3) is 0.409. The van der Waals surface area contributed by atoms with Crippen LogP contribution in [0.5, 0.6) is 0 Å². The topological polar surface area (TPSA) is 71.5 Å². The van der Waals surface area contributed by atoms with Crippen LogP contribution in [0.3, 0.4) is 0 Å². The lowest BCUT2D eigenvalue weighted by molar-refractivity contribution is -0.152. The Labute approximate surface area is 188 Å². The molecule has 2 aromatic rings. The van der Waals surface area contributed by atoms with E-state index < -0.39 is 36.1 Å². The summed E-state index contributed by atoms with van der Waals surface area (Å²) < 4.78 is 45.0. The van der Waals surface area contributed by atoms with Crippen molar-refractivity contribution >= 4 is 29.3 Å². The summed E-state index contributed by atoms with van der Waals surface area (Å²) in [6, 6.07) is 9.43. The van der Waals surface area contributed by atoms with Crippen LogP contribution in [0.2, 0.25) is 5.02 Å². The number of rotatable bonds is 7. The molecular weight excluding hydrogens is 447 g/mol. The highest BCUT2D eigenvalue weighted by Crippen LogP contribution is 2.36. The van der Waals surface area contributed by atoms with E-state index in [0.717, 1.165) is 11.6 Å². The Morgan fingerprint density at radius 1 is 1.22 bits per heavy atom. The van der Waals surface area contributed by atoms with Gasteiger partial charge in [-0.2, -0.15) is 13.2 Å². The van der Waals surface area contributed by atoms with Gasteiger partial charge in [-0.05, 0) is 49.1 Å². The summed E-state index contributed by atoms with van der Waals surface area (Å²) in [7, 11) is 0. The van der Waals surface area contributed by atoms with Crippen molar-refractivity contribution in [2.45, 2.75) is 25.4 Å². The van der Waals surface area contributed by atoms with Crippen LogP contribution in [0.4, 0.5) is 19.0 Å². The number of aromatic nitrogens is 1. The minimum absolute atomic E-state index is 0.0527. The molecule has 1 N–H and O–H groups in total. The van der Waals surface area contributed by atoms with Crippen LogP contribution in [0, 0.1) is 5.92 Å². The summed E-state index contributed by atoms with van der Waals surface area (Å²) >= 11 is 5.83. The molecule has 1 unspecified atom stereocenters. The molecule has 10 heteroatoms. The zero-order valence-electron chi connectivity index (χ0n) is 17.2. The molecule has 1 atom stereocenters. The van der Waals surface area contributed by atoms with E-state index in [2.05, 4.69) is 10.3 Å². The van der Waals surface area contributed by atoms with E-state index in [0.29, 0.717) is 37.4 Å². The van der Waals surface area contributed by atoms with E-state index in [1.165, 1.54) is 17.2 Å². The minimum Gasteiger partial charge on any atom is -0.455 e. The highest BCUT2D eigenvalue weighted by Gasteiger charge is 2.37. The van der Waals surface area contributed by atoms with Crippen molar-refractivity contribution in [1.82, 2.24) is 10.3 Å². The Hall–Kier alpha value is -2.81. The molecule has 0 saturated carbocycles. The highest BCUT2D eigenvalue weighted by molar-refractivity contribution is 6.30. The third-order valence-electron chi connectivity index (χ3n) is 5.14. The lowest BCUT2D eigenvalue weighted by Gasteiger charge is -2.33. The number of piperidine rings is 1. The number of benzene rings is 1. The molecule has 1 aromatic heterocycles. The zero-order chi connectivity index (χ0) is 23.1. The fourth-order valence-electron chi connectivity index (χ4n) is 3.54. The number of hydrogen-bond donors (Lipinski definition) is 1. The van der Waals surface area contributed by atoms with Crippen molar-refractivity contribution in [1.29, 1.82) is 0 Å². The van der Waals surface area contributed by atoms with Crippen LogP contribution in [-0.4, -0.2) is 43.1 Å². The monoisotopic (exact) mass is 469 g/mol. The second kappa shape index (κ2) is 10.7. The number of amides is 1. The van der Waals surface area contributed by atoms with Crippen molar-refractivity contribution < 1.29 is 27.5 Å². The number of ether oxygens (including phenoxy) is 1. The minimum atomic E-state index is -4.54. The molecule has 172 valence electrons. The standard InChI is InChI=1S/C22H23ClF3N3O3/c23-17-7-5-15(6-8-17)9-11-27-19(30)14-32-21(31)16-3-2-12-29(13-16)20-18(22(24,25)26)4-1-10-28-20/h1,4-8,10,16H,2-3,9,11-14H2,(H,27,30). The second-order valence-corrected chi connectivity index (χ2v) is 7.93. The van der Waals surface area contributed by atoms with Gasteiger partial charge in [0.2, 0.25) is 0 Å². The fourth-order valence-corrected chi connectivity index (χ4v) is 3.66. The molecule has 6 nitrogen and oxygen atoms in total. The first kappa shape index (κ1) is 23.8. The number of nitrogens with one attached hydrogen (secondary N) is 1. The Morgan fingerprint density at radius 3 is 2.69 bits per heavy atom. The summed E-state index contributed by atoms with van der Waals surface area (Å²) in [5.41, 5.74) is 0.163. The molecule has 1 aliphatic heterocycles. The van der Waals surface area contributed by atoms with Crippen LogP contribution in [-0.2, 0) is 26.9 Å². The van der Waals surface area contributed by atoms with Crippen molar-refractivity contribution in [3.8, 4) is 0 Å². The van der Waals surface area contributed by atoms with E-state index in [1.807, 2.05) is 12.1 Å². The van der Waals surface area contributed by atoms with Crippen LogP contribution >= 0.6 is 11.6 Å². The third kappa shape index (κ3) is 6.59. The van der Waals surface area contributed by atoms with E-state index in [4.69, 9.17) is 16.3 Å². The average Bonchev–Trinajstić information content (AvgIpc) is 2.78. The SMILES string of the molecule is O=C(COC(=O)C1CCCN(c2ncccc2C(F)(F)F)C1)NCCc1ccc(Cl)cc1. The quantitative estimate of drug-likeness (QED) is 0.623. The molecule has 0 bridgehead atoms. The Morgan fingerprint density at radius 2 is 1.97 bits per heavy atom. The normalized spacial score (nSPS) is 16.5. The first-order valence-electron chi connectivity index (χ1n) is 10.2. The molecule has 1 saturated heterocycles. The first-order valence-corrected chi connectivity index (χ1v) is 10.6. The van der Waals surface area contributed by atoms with Gasteiger partial charge < -0.3 is 15.0 Å². The molecule has 32 heavy (non-hydrogen) atoms. The van der Waals surface area contributed by atoms with Gasteiger partial charge in [0.1, 0.15) is 5.82 Å². The predicted molar refractivity (Wildman–Crippen MR) is 113 cm³/mol. The summed E-state index contributed by atoms with van der Waals surface area (Å²) in [5, 5.41) is 3.30. The molecule has 1 aromatic carbocycles. The zero-order valence-corrected chi connectivity index (χ0v) is 18.0. The predicted octanol–water partition coefficient (Wildman–Crippen LogP) is 3.87. The number of esters is 1. The molecule has 0 radical (unpaired) electrons. The van der Waals surface area contributed by atoms with E-state index in [1.54, 1.807) is 12.1 Å². The van der Waals surface area contributed by atoms with Gasteiger partial charge in [-0.25, -0.2) is 4.98 Å². The van der Waals surface area contributed by atoms with Crippen molar-refractivity contribution in [2.24, 2.45) is 5.92 Å². The first-order chi connectivity index (χ1) is 15.2. The number of anilines is 1. The largest absolute Gasteiger partial charge is 0.455 e. The molecule has 3 rings (SSSR count). The van der Waals surface area contributed by atoms with Crippen molar-refractivity contribution in [2.75, 3.05) is 31.1 Å². The summed E-state index contributed by atoms with van der Waals surface area (Å²) in [6.45, 7) is 0.342. The van der Waals surface area contributed by atoms with E-state index in [-0.39, 0.29) is 12.4 Å². The van der Waals surface area contributed by atoms with Gasteiger partial charge in [-0.15, -0.1) is 0 Å². The maximum absolute atomic E-state index is 13.3. The summed E-state index contributed by atoms with van der Waals surface area (Å²) in [5.74, 6) is -1.87. The molecule has 2 heterocycles. The van der Waals surface area contributed by atoms with Crippen LogP contribution in [0.15, 0.2) is 42.6 Å². The Balaban J connectivity index is 1.47. The van der Waals surface area contributed by atoms with Gasteiger partial charge in [0.25, 0.3) is 5.91 Å². The molecule has 0 aliphatic carbocycles. The molecule has 0 spiro atoms. The number of carbonyl (C=O) groups is 2. The molecule has 1 fully saturated rings. The average molecular weight is 470 g/mol. The van der Waals surface area contributed by atoms with Crippen LogP contribution in [0.25, 0.3) is 0 Å². The van der Waals surface area contributed by atoms with Crippen molar-refractivity contribution in [3.05, 3.63) is 58.7 Å². The number of halogens is 4. The number of alkyl halides is 3. The van der Waals surface area contributed by atoms with Crippen molar-refractivity contribution in [3.63, 3.8) is 0 Å². The lowest BCUT2D eigenvalue weighted by Crippen LogP contribution is -2.41. The smallest absolute Gasteiger partial charge is 0.419 e. The maximum atomic E-state index is 13.3. The van der Waals surface area contributed by atoms with Crippen LogP contribution < -0.4 is 10.2 Å². The van der Waals surface area contributed by atoms with Gasteiger partial charge in [0.15, 0.2) is 6.61 Å². The number of nitrogens with zero attached hydrogens (tertiary/aromatic N) is 2. The van der Waals surface area contributed by atoms with Gasteiger partial charge >= 0.3 is 12.1 Å². The van der Waals surface area contributed by atoms with E-state index >= 15 is 0 Å². The molecule has 1 amide bonds. The maximum Gasteiger partial charge on any atom is 0.419 e. The molecule has 1 aliphatic rings. The Kier molecular flexibility index (Phi) is 7.95. The second-order valence-electron chi connectivity index (χ2n) is 7.49. The lowest BCUT2D eigenvalue weighted by atomic mass is 9.98. The number of pyridine rings is 1. The summed E-state index contributed by atoms with van der Waals surface area (Å²) in [6.07, 6.45) is -1.66. The summed E-state index contributed by atoms with van der Waals surface area (Å²) in [4.78, 5) is 29.7. The Bertz CT molecular complexity index is 938. The third-order valence-corrected chi connectivity index (χ3v) is 5.39. The van der Waals surface area contributed by atoms with Gasteiger partial charge in [-0.3, -0.25) is 9.59 Å². The van der Waals surface area contributed by atoms with Gasteiger partial charge in [0, 0.05) is 30.9 Å². The van der Waals surface area contributed by atoms with E-state index in [9.17, 15) is 22.8 Å². The van der Waals surface area contributed by atoms with Crippen LogP contribution in [0.1, 0.15) is 24.0 Å². The number of hydrogen-bond acceptors (Lipinski definition) is 5.